The Morgan fingerprint density at radius 3 is 2.44 bits per heavy atom. The molecule has 4 rings (SSSR count). The Balaban J connectivity index is 1.48. The van der Waals surface area contributed by atoms with E-state index in [1.165, 1.54) is 32.1 Å². The number of sulfonamides is 1. The molecule has 27 heavy (non-hydrogen) atoms. The number of nitrogens with two attached hydrogens (primary N) is 1. The summed E-state index contributed by atoms with van der Waals surface area (Å²) < 4.78 is 28.2. The fourth-order valence-corrected chi connectivity index (χ4v) is 6.55. The zero-order chi connectivity index (χ0) is 18.9. The predicted molar refractivity (Wildman–Crippen MR) is 108 cm³/mol. The normalized spacial score (nSPS) is 22.1. The molecule has 2 heterocycles. The molecule has 2 aliphatic rings. The molecule has 1 aliphatic heterocycles. The largest absolute Gasteiger partial charge is 0.327 e. The Morgan fingerprint density at radius 2 is 1.70 bits per heavy atom. The number of hydrogen-bond acceptors (Lipinski definition) is 4. The van der Waals surface area contributed by atoms with Crippen LogP contribution in [0.15, 0.2) is 41.6 Å². The van der Waals surface area contributed by atoms with Gasteiger partial charge in [-0.15, -0.1) is 0 Å². The van der Waals surface area contributed by atoms with Crippen molar-refractivity contribution in [2.45, 2.75) is 55.9 Å². The highest BCUT2D eigenvalue weighted by atomic mass is 32.2. The van der Waals surface area contributed by atoms with E-state index in [-0.39, 0.29) is 6.04 Å². The Hall–Kier alpha value is -1.50. The molecule has 0 spiro atoms. The van der Waals surface area contributed by atoms with Crippen molar-refractivity contribution in [3.63, 3.8) is 0 Å². The highest BCUT2D eigenvalue weighted by Gasteiger charge is 2.34. The Kier molecular flexibility index (Phi) is 5.48. The summed E-state index contributed by atoms with van der Waals surface area (Å²) in [6.45, 7) is 1.13. The molecule has 1 aromatic carbocycles. The third-order valence-corrected chi connectivity index (χ3v) is 8.45. The van der Waals surface area contributed by atoms with Gasteiger partial charge in [-0.1, -0.05) is 31.4 Å². The van der Waals surface area contributed by atoms with Gasteiger partial charge in [0.25, 0.3) is 0 Å². The molecule has 1 saturated carbocycles. The van der Waals surface area contributed by atoms with E-state index in [9.17, 15) is 8.42 Å². The van der Waals surface area contributed by atoms with E-state index in [0.717, 1.165) is 23.6 Å². The lowest BCUT2D eigenvalue weighted by atomic mass is 9.76. The topological polar surface area (TPSA) is 76.3 Å². The molecule has 1 atom stereocenters. The summed E-state index contributed by atoms with van der Waals surface area (Å²) in [5.41, 5.74) is 6.59. The molecule has 0 bridgehead atoms. The lowest BCUT2D eigenvalue weighted by Crippen LogP contribution is -2.46. The second-order valence-corrected chi connectivity index (χ2v) is 9.98. The maximum Gasteiger partial charge on any atom is 0.243 e. The number of fused-ring (bicyclic) bond motifs is 1. The molecule has 0 amide bonds. The number of pyridine rings is 1. The Labute approximate surface area is 162 Å². The molecule has 1 saturated heterocycles. The fourth-order valence-electron chi connectivity index (χ4n) is 4.86. The first-order valence-corrected chi connectivity index (χ1v) is 11.6. The third kappa shape index (κ3) is 3.75. The molecular formula is C21H29N3O2S. The first-order valence-electron chi connectivity index (χ1n) is 10.2. The summed E-state index contributed by atoms with van der Waals surface area (Å²) in [5.74, 6) is 1.06. The van der Waals surface area contributed by atoms with Crippen molar-refractivity contribution >= 4 is 20.8 Å². The predicted octanol–water partition coefficient (Wildman–Crippen LogP) is 3.54. The summed E-state index contributed by atoms with van der Waals surface area (Å²) in [6.07, 6.45) is 11.5. The molecule has 1 aromatic heterocycles. The fraction of sp³-hybridized carbons (Fsp3) is 0.571. The quantitative estimate of drug-likeness (QED) is 0.870. The number of nitrogens with zero attached hydrogens (tertiary/aromatic N) is 2. The van der Waals surface area contributed by atoms with Gasteiger partial charge < -0.3 is 5.73 Å². The Bertz CT molecular complexity index is 880. The summed E-state index contributed by atoms with van der Waals surface area (Å²) in [6, 6.07) is 7.41. The first-order chi connectivity index (χ1) is 13.1. The van der Waals surface area contributed by atoms with Crippen molar-refractivity contribution < 1.29 is 8.42 Å². The summed E-state index contributed by atoms with van der Waals surface area (Å²) >= 11 is 0. The summed E-state index contributed by atoms with van der Waals surface area (Å²) in [5, 5.41) is 1.60. The van der Waals surface area contributed by atoms with E-state index < -0.39 is 10.0 Å². The SMILES string of the molecule is NC(C1CCCCC1)C1CCN(S(=O)(=O)c2cccc3cnccc23)CC1. The lowest BCUT2D eigenvalue weighted by molar-refractivity contribution is 0.182. The van der Waals surface area contributed by atoms with Crippen LogP contribution in [0.3, 0.4) is 0 Å². The number of benzene rings is 1. The highest BCUT2D eigenvalue weighted by Crippen LogP contribution is 2.34. The van der Waals surface area contributed by atoms with Gasteiger partial charge in [0.2, 0.25) is 10.0 Å². The smallest absolute Gasteiger partial charge is 0.243 e. The molecule has 6 heteroatoms. The number of aromatic nitrogens is 1. The second-order valence-electron chi connectivity index (χ2n) is 8.07. The van der Waals surface area contributed by atoms with Gasteiger partial charge in [0.05, 0.1) is 4.90 Å². The highest BCUT2D eigenvalue weighted by molar-refractivity contribution is 7.89. The van der Waals surface area contributed by atoms with Crippen LogP contribution in [0.2, 0.25) is 0 Å². The van der Waals surface area contributed by atoms with Crippen LogP contribution in [0.25, 0.3) is 10.8 Å². The van der Waals surface area contributed by atoms with Gasteiger partial charge in [-0.3, -0.25) is 4.98 Å². The standard InChI is InChI=1S/C21H29N3O2S/c22-21(16-5-2-1-3-6-16)17-10-13-24(14-11-17)27(25,26)20-8-4-7-18-15-23-12-9-19(18)20/h4,7-9,12,15-17,21H,1-3,5-6,10-11,13-14,22H2. The van der Waals surface area contributed by atoms with Crippen LogP contribution in [-0.4, -0.2) is 36.8 Å². The zero-order valence-corrected chi connectivity index (χ0v) is 16.6. The second kappa shape index (κ2) is 7.86. The third-order valence-electron chi connectivity index (χ3n) is 6.50. The molecule has 5 nitrogen and oxygen atoms in total. The molecule has 2 aromatic rings. The van der Waals surface area contributed by atoms with E-state index in [1.807, 2.05) is 6.07 Å². The van der Waals surface area contributed by atoms with Gasteiger partial charge in [-0.25, -0.2) is 8.42 Å². The lowest BCUT2D eigenvalue weighted by Gasteiger charge is -2.38. The van der Waals surface area contributed by atoms with Crippen LogP contribution in [0.1, 0.15) is 44.9 Å². The van der Waals surface area contributed by atoms with E-state index in [4.69, 9.17) is 5.73 Å². The summed E-state index contributed by atoms with van der Waals surface area (Å²) in [7, 11) is -3.50. The van der Waals surface area contributed by atoms with Crippen LogP contribution in [0.4, 0.5) is 0 Å². The van der Waals surface area contributed by atoms with Crippen molar-refractivity contribution in [2.24, 2.45) is 17.6 Å². The van der Waals surface area contributed by atoms with Crippen molar-refractivity contribution in [2.75, 3.05) is 13.1 Å². The average Bonchev–Trinajstić information content (AvgIpc) is 2.73. The minimum absolute atomic E-state index is 0.221. The van der Waals surface area contributed by atoms with Gasteiger partial charge in [-0.05, 0) is 49.7 Å². The van der Waals surface area contributed by atoms with Crippen LogP contribution >= 0.6 is 0 Å². The van der Waals surface area contributed by atoms with Gasteiger partial charge >= 0.3 is 0 Å². The maximum absolute atomic E-state index is 13.3. The van der Waals surface area contributed by atoms with Crippen molar-refractivity contribution in [1.82, 2.24) is 9.29 Å². The average molecular weight is 388 g/mol. The van der Waals surface area contributed by atoms with Crippen LogP contribution in [-0.2, 0) is 10.0 Å². The van der Waals surface area contributed by atoms with Crippen molar-refractivity contribution in [3.8, 4) is 0 Å². The maximum atomic E-state index is 13.3. The number of rotatable bonds is 4. The van der Waals surface area contributed by atoms with E-state index in [0.29, 0.717) is 29.8 Å². The minimum atomic E-state index is -3.50. The number of piperidine rings is 1. The molecule has 2 N–H and O–H groups in total. The molecule has 2 fully saturated rings. The van der Waals surface area contributed by atoms with Crippen LogP contribution < -0.4 is 5.73 Å². The van der Waals surface area contributed by atoms with Crippen LogP contribution in [0, 0.1) is 11.8 Å². The molecular weight excluding hydrogens is 358 g/mol. The van der Waals surface area contributed by atoms with Gasteiger partial charge in [-0.2, -0.15) is 4.31 Å². The van der Waals surface area contributed by atoms with Crippen molar-refractivity contribution in [3.05, 3.63) is 36.7 Å². The van der Waals surface area contributed by atoms with Crippen molar-refractivity contribution in [1.29, 1.82) is 0 Å². The van der Waals surface area contributed by atoms with E-state index in [2.05, 4.69) is 4.98 Å². The zero-order valence-electron chi connectivity index (χ0n) is 15.8. The molecule has 0 radical (unpaired) electrons. The first kappa shape index (κ1) is 18.8. The molecule has 146 valence electrons. The van der Waals surface area contributed by atoms with E-state index >= 15 is 0 Å². The summed E-state index contributed by atoms with van der Waals surface area (Å²) in [4.78, 5) is 4.49. The molecule has 1 unspecified atom stereocenters. The number of hydrogen-bond donors (Lipinski definition) is 1. The van der Waals surface area contributed by atoms with Gasteiger partial charge in [0, 0.05) is 42.3 Å². The minimum Gasteiger partial charge on any atom is -0.327 e. The molecule has 1 aliphatic carbocycles. The van der Waals surface area contributed by atoms with Gasteiger partial charge in [0.1, 0.15) is 0 Å². The van der Waals surface area contributed by atoms with E-state index in [1.54, 1.807) is 34.9 Å². The Morgan fingerprint density at radius 1 is 1.00 bits per heavy atom. The van der Waals surface area contributed by atoms with Crippen LogP contribution in [0.5, 0.6) is 0 Å². The monoisotopic (exact) mass is 387 g/mol. The van der Waals surface area contributed by atoms with Gasteiger partial charge in [0.15, 0.2) is 0 Å².